The molecule has 0 aliphatic heterocycles. The predicted octanol–water partition coefficient (Wildman–Crippen LogP) is 5.11. The first-order valence-electron chi connectivity index (χ1n) is 8.42. The first kappa shape index (κ1) is 14.3. The molecular formula is C21H21NO. The zero-order valence-corrected chi connectivity index (χ0v) is 13.1. The molecule has 2 bridgehead atoms. The third-order valence-electron chi connectivity index (χ3n) is 5.32. The molecule has 2 aliphatic carbocycles. The molecule has 1 N–H and O–H groups in total. The molecule has 1 fully saturated rings. The lowest BCUT2D eigenvalue weighted by atomic mass is 9.63. The van der Waals surface area contributed by atoms with Gasteiger partial charge in [0.2, 0.25) is 0 Å². The maximum Gasteiger partial charge on any atom is 0.0685 e. The molecule has 1 saturated carbocycles. The van der Waals surface area contributed by atoms with Crippen LogP contribution in [0.15, 0.2) is 71.9 Å². The van der Waals surface area contributed by atoms with Crippen molar-refractivity contribution in [2.45, 2.75) is 25.2 Å². The topological polar surface area (TPSA) is 32.6 Å². The van der Waals surface area contributed by atoms with E-state index >= 15 is 0 Å². The minimum absolute atomic E-state index is 0.265. The Kier molecular flexibility index (Phi) is 3.74. The number of nitrogens with zero attached hydrogens (tertiary/aromatic N) is 1. The van der Waals surface area contributed by atoms with Crippen molar-refractivity contribution < 1.29 is 5.21 Å². The summed E-state index contributed by atoms with van der Waals surface area (Å²) >= 11 is 0. The molecule has 2 heteroatoms. The molecule has 2 aliphatic rings. The van der Waals surface area contributed by atoms with E-state index in [0.717, 1.165) is 18.6 Å². The molecule has 0 unspecified atom stereocenters. The molecule has 3 atom stereocenters. The van der Waals surface area contributed by atoms with Crippen LogP contribution >= 0.6 is 0 Å². The molecule has 0 saturated heterocycles. The predicted molar refractivity (Wildman–Crippen MR) is 93.7 cm³/mol. The molecule has 0 aromatic heterocycles. The van der Waals surface area contributed by atoms with Crippen LogP contribution in [0.4, 0.5) is 0 Å². The van der Waals surface area contributed by atoms with Crippen LogP contribution in [0.3, 0.4) is 0 Å². The molecule has 116 valence electrons. The van der Waals surface area contributed by atoms with E-state index in [2.05, 4.69) is 65.8 Å². The van der Waals surface area contributed by atoms with E-state index in [1.165, 1.54) is 23.1 Å². The van der Waals surface area contributed by atoms with Gasteiger partial charge < -0.3 is 5.21 Å². The van der Waals surface area contributed by atoms with Crippen molar-refractivity contribution in [1.29, 1.82) is 0 Å². The second-order valence-electron chi connectivity index (χ2n) is 6.54. The second kappa shape index (κ2) is 6.04. The van der Waals surface area contributed by atoms with E-state index in [4.69, 9.17) is 0 Å². The van der Waals surface area contributed by atoms with Crippen molar-refractivity contribution >= 4 is 11.3 Å². The minimum Gasteiger partial charge on any atom is -0.411 e. The van der Waals surface area contributed by atoms with Crippen molar-refractivity contribution in [3.8, 4) is 0 Å². The van der Waals surface area contributed by atoms with Gasteiger partial charge in [0.05, 0.1) is 5.71 Å². The number of benzene rings is 2. The number of hydrogen-bond acceptors (Lipinski definition) is 2. The maximum absolute atomic E-state index is 9.69. The Morgan fingerprint density at radius 3 is 2.26 bits per heavy atom. The fourth-order valence-electron chi connectivity index (χ4n) is 4.28. The summed E-state index contributed by atoms with van der Waals surface area (Å²) in [6, 6.07) is 21.2. The fourth-order valence-corrected chi connectivity index (χ4v) is 4.28. The lowest BCUT2D eigenvalue weighted by molar-refractivity contribution is 0.301. The molecule has 0 spiro atoms. The standard InChI is InChI=1S/C21H21NO/c23-22-21-17-12-7-13-18(21)20(16-10-5-2-6-11-16)14-19(17)15-8-3-1-4-9-15/h1-6,8-11,14,17-19,23H,7,12-13H2/b22-21-/t17-,18-,19+/m0/s1. The molecule has 0 radical (unpaired) electrons. The highest BCUT2D eigenvalue weighted by molar-refractivity contribution is 6.01. The first-order valence-corrected chi connectivity index (χ1v) is 8.42. The van der Waals surface area contributed by atoms with E-state index in [0.29, 0.717) is 11.8 Å². The summed E-state index contributed by atoms with van der Waals surface area (Å²) in [5.41, 5.74) is 4.86. The lowest BCUT2D eigenvalue weighted by Crippen LogP contribution is -2.36. The van der Waals surface area contributed by atoms with Crippen LogP contribution in [-0.4, -0.2) is 10.9 Å². The fraction of sp³-hybridized carbons (Fsp3) is 0.286. The van der Waals surface area contributed by atoms with Crippen LogP contribution in [0.25, 0.3) is 5.57 Å². The highest BCUT2D eigenvalue weighted by Crippen LogP contribution is 2.48. The monoisotopic (exact) mass is 303 g/mol. The summed E-state index contributed by atoms with van der Waals surface area (Å²) in [6.45, 7) is 0. The van der Waals surface area contributed by atoms with Gasteiger partial charge in [-0.15, -0.1) is 0 Å². The van der Waals surface area contributed by atoms with Gasteiger partial charge in [-0.2, -0.15) is 0 Å². The number of hydrogen-bond donors (Lipinski definition) is 1. The smallest absolute Gasteiger partial charge is 0.0685 e. The number of rotatable bonds is 2. The van der Waals surface area contributed by atoms with Crippen LogP contribution in [0.5, 0.6) is 0 Å². The van der Waals surface area contributed by atoms with Crippen molar-refractivity contribution in [2.75, 3.05) is 0 Å². The van der Waals surface area contributed by atoms with Crippen LogP contribution < -0.4 is 0 Å². The van der Waals surface area contributed by atoms with Crippen molar-refractivity contribution in [1.82, 2.24) is 0 Å². The first-order chi connectivity index (χ1) is 11.4. The van der Waals surface area contributed by atoms with Crippen LogP contribution in [-0.2, 0) is 0 Å². The molecule has 2 aromatic rings. The van der Waals surface area contributed by atoms with Gasteiger partial charge in [0, 0.05) is 17.8 Å². The van der Waals surface area contributed by atoms with Gasteiger partial charge >= 0.3 is 0 Å². The van der Waals surface area contributed by atoms with Crippen molar-refractivity contribution in [2.24, 2.45) is 17.0 Å². The SMILES string of the molecule is O/N=C1/[C@H]2CCC[C@H]1C(c1ccccc1)=C[C@@H]2c1ccccc1. The second-order valence-corrected chi connectivity index (χ2v) is 6.54. The largest absolute Gasteiger partial charge is 0.411 e. The van der Waals surface area contributed by atoms with Crippen LogP contribution in [0.2, 0.25) is 0 Å². The van der Waals surface area contributed by atoms with Crippen molar-refractivity contribution in [3.05, 3.63) is 77.9 Å². The Morgan fingerprint density at radius 2 is 1.57 bits per heavy atom. The zero-order valence-electron chi connectivity index (χ0n) is 13.1. The van der Waals surface area contributed by atoms with Gasteiger partial charge in [-0.3, -0.25) is 0 Å². The van der Waals surface area contributed by atoms with Gasteiger partial charge in [-0.25, -0.2) is 0 Å². The summed E-state index contributed by atoms with van der Waals surface area (Å²) in [7, 11) is 0. The van der Waals surface area contributed by atoms with Gasteiger partial charge in [0.1, 0.15) is 0 Å². The normalized spacial score (nSPS) is 28.4. The van der Waals surface area contributed by atoms with E-state index < -0.39 is 0 Å². The summed E-state index contributed by atoms with van der Waals surface area (Å²) in [5, 5.41) is 13.4. The Labute approximate surface area is 137 Å². The Morgan fingerprint density at radius 1 is 0.870 bits per heavy atom. The van der Waals surface area contributed by atoms with E-state index in [-0.39, 0.29) is 5.92 Å². The number of allylic oxidation sites excluding steroid dienone is 2. The molecular weight excluding hydrogens is 282 g/mol. The molecule has 0 heterocycles. The number of oxime groups is 1. The molecule has 2 aromatic carbocycles. The van der Waals surface area contributed by atoms with Gasteiger partial charge in [0.25, 0.3) is 0 Å². The molecule has 0 amide bonds. The highest BCUT2D eigenvalue weighted by Gasteiger charge is 2.40. The van der Waals surface area contributed by atoms with Crippen molar-refractivity contribution in [3.63, 3.8) is 0 Å². The maximum atomic E-state index is 9.69. The van der Waals surface area contributed by atoms with E-state index in [9.17, 15) is 5.21 Å². The summed E-state index contributed by atoms with van der Waals surface area (Å²) in [6.07, 6.45) is 5.81. The number of fused-ring (bicyclic) bond motifs is 2. The average Bonchev–Trinajstić information content (AvgIpc) is 2.63. The van der Waals surface area contributed by atoms with Gasteiger partial charge in [-0.05, 0) is 29.5 Å². The molecule has 23 heavy (non-hydrogen) atoms. The summed E-state index contributed by atoms with van der Waals surface area (Å²) < 4.78 is 0. The van der Waals surface area contributed by atoms with E-state index in [1.54, 1.807) is 0 Å². The van der Waals surface area contributed by atoms with Gasteiger partial charge in [-0.1, -0.05) is 78.3 Å². The van der Waals surface area contributed by atoms with E-state index in [1.807, 2.05) is 6.07 Å². The van der Waals surface area contributed by atoms with Gasteiger partial charge in [0.15, 0.2) is 0 Å². The Balaban J connectivity index is 1.86. The lowest BCUT2D eigenvalue weighted by Gasteiger charge is -2.40. The Hall–Kier alpha value is -2.35. The zero-order chi connectivity index (χ0) is 15.6. The summed E-state index contributed by atoms with van der Waals surface area (Å²) in [4.78, 5) is 0. The quantitative estimate of drug-likeness (QED) is 0.606. The third kappa shape index (κ3) is 2.48. The van der Waals surface area contributed by atoms with Crippen LogP contribution in [0.1, 0.15) is 36.3 Å². The highest BCUT2D eigenvalue weighted by atomic mass is 16.4. The average molecular weight is 303 g/mol. The molecule has 2 nitrogen and oxygen atoms in total. The minimum atomic E-state index is 0.265. The van der Waals surface area contributed by atoms with Crippen LogP contribution in [0, 0.1) is 11.8 Å². The third-order valence-corrected chi connectivity index (χ3v) is 5.32. The Bertz CT molecular complexity index is 733. The molecule has 4 rings (SSSR count). The summed E-state index contributed by atoms with van der Waals surface area (Å²) in [5.74, 6) is 0.892.